The van der Waals surface area contributed by atoms with Gasteiger partial charge in [-0.2, -0.15) is 0 Å². The highest BCUT2D eigenvalue weighted by molar-refractivity contribution is 7.13. The van der Waals surface area contributed by atoms with Gasteiger partial charge < -0.3 is 8.83 Å². The molecule has 0 N–H and O–H groups in total. The number of aromatic nitrogens is 2. The third kappa shape index (κ3) is 1.18. The van der Waals surface area contributed by atoms with Crippen LogP contribution in [0.3, 0.4) is 0 Å². The van der Waals surface area contributed by atoms with Crippen molar-refractivity contribution in [1.29, 1.82) is 0 Å². The number of carbonyl (C=O) groups excluding carboxylic acids is 1. The smallest absolute Gasteiger partial charge is 0.265 e. The molecule has 0 aliphatic rings. The number of hydrogen-bond donors (Lipinski definition) is 0. The molecule has 3 rings (SSSR count). The molecule has 0 atom stereocenters. The molecule has 6 heteroatoms. The zero-order valence-electron chi connectivity index (χ0n) is 7.34. The van der Waals surface area contributed by atoms with E-state index < -0.39 is 0 Å². The quantitative estimate of drug-likeness (QED) is 0.620. The number of carbonyl (C=O) groups is 1. The van der Waals surface area contributed by atoms with Crippen molar-refractivity contribution in [3.63, 3.8) is 0 Å². The van der Waals surface area contributed by atoms with E-state index in [9.17, 15) is 4.79 Å². The van der Waals surface area contributed by atoms with Crippen LogP contribution in [0.5, 0.6) is 0 Å². The van der Waals surface area contributed by atoms with Crippen LogP contribution in [0.15, 0.2) is 26.8 Å². The van der Waals surface area contributed by atoms with Crippen molar-refractivity contribution in [1.82, 2.24) is 9.97 Å². The van der Waals surface area contributed by atoms with Crippen LogP contribution < -0.4 is 0 Å². The van der Waals surface area contributed by atoms with E-state index in [-0.39, 0.29) is 0 Å². The highest BCUT2D eigenvalue weighted by Crippen LogP contribution is 2.29. The van der Waals surface area contributed by atoms with E-state index in [1.807, 2.05) is 0 Å². The minimum atomic E-state index is 0.341. The fraction of sp³-hybridized carbons (Fsp3) is 0. The molecule has 0 fully saturated rings. The number of thiophene rings is 1. The summed E-state index contributed by atoms with van der Waals surface area (Å²) in [7, 11) is 0. The summed E-state index contributed by atoms with van der Waals surface area (Å²) in [6.45, 7) is 0. The monoisotopic (exact) mass is 220 g/mol. The van der Waals surface area contributed by atoms with Gasteiger partial charge in [0.2, 0.25) is 5.76 Å². The second-order valence-electron chi connectivity index (χ2n) is 2.82. The van der Waals surface area contributed by atoms with Gasteiger partial charge in [-0.1, -0.05) is 0 Å². The third-order valence-corrected chi connectivity index (χ3v) is 2.81. The lowest BCUT2D eigenvalue weighted by Crippen LogP contribution is -1.75. The number of fused-ring (bicyclic) bond motifs is 1. The van der Waals surface area contributed by atoms with Crippen molar-refractivity contribution < 1.29 is 13.6 Å². The van der Waals surface area contributed by atoms with Crippen LogP contribution >= 0.6 is 11.3 Å². The Balaban J connectivity index is 2.23. The van der Waals surface area contributed by atoms with Gasteiger partial charge in [0.05, 0.1) is 11.1 Å². The van der Waals surface area contributed by atoms with E-state index in [1.165, 1.54) is 23.9 Å². The second kappa shape index (κ2) is 3.03. The van der Waals surface area contributed by atoms with Crippen molar-refractivity contribution in [3.8, 4) is 11.7 Å². The van der Waals surface area contributed by atoms with Crippen LogP contribution in [0.2, 0.25) is 0 Å². The fourth-order valence-corrected chi connectivity index (χ4v) is 1.98. The van der Waals surface area contributed by atoms with E-state index in [2.05, 4.69) is 9.97 Å². The van der Waals surface area contributed by atoms with Gasteiger partial charge in [-0.25, -0.2) is 9.97 Å². The Morgan fingerprint density at radius 2 is 2.40 bits per heavy atom. The Kier molecular flexibility index (Phi) is 1.69. The highest BCUT2D eigenvalue weighted by atomic mass is 32.1. The van der Waals surface area contributed by atoms with Crippen molar-refractivity contribution in [2.24, 2.45) is 0 Å². The Labute approximate surface area is 87.4 Å². The average molecular weight is 220 g/mol. The normalized spacial score (nSPS) is 10.9. The van der Waals surface area contributed by atoms with E-state index >= 15 is 0 Å². The molecule has 3 heterocycles. The van der Waals surface area contributed by atoms with Crippen LogP contribution in [0.4, 0.5) is 0 Å². The predicted molar refractivity (Wildman–Crippen MR) is 52.8 cm³/mol. The molecule has 0 aliphatic carbocycles. The maximum absolute atomic E-state index is 10.7. The summed E-state index contributed by atoms with van der Waals surface area (Å²) < 4.78 is 10.4. The number of rotatable bonds is 2. The molecule has 5 nitrogen and oxygen atoms in total. The van der Waals surface area contributed by atoms with Gasteiger partial charge in [0.25, 0.3) is 5.89 Å². The van der Waals surface area contributed by atoms with Gasteiger partial charge in [0, 0.05) is 5.38 Å². The molecule has 0 amide bonds. The lowest BCUT2D eigenvalue weighted by Gasteiger charge is -1.83. The zero-order valence-corrected chi connectivity index (χ0v) is 8.15. The standard InChI is InChI=1S/C9H4N2O3S/c12-2-7-8-6(3-15-7)14-9(11-8)5-1-10-4-13-5/h1-4H. The highest BCUT2D eigenvalue weighted by Gasteiger charge is 2.14. The summed E-state index contributed by atoms with van der Waals surface area (Å²) >= 11 is 1.30. The van der Waals surface area contributed by atoms with Crippen molar-refractivity contribution in [2.45, 2.75) is 0 Å². The molecule has 3 aromatic rings. The van der Waals surface area contributed by atoms with Crippen LogP contribution in [-0.2, 0) is 0 Å². The average Bonchev–Trinajstić information content (AvgIpc) is 2.93. The molecule has 0 aliphatic heterocycles. The first-order valence-corrected chi connectivity index (χ1v) is 4.98. The Bertz CT molecular complexity index is 608. The first-order valence-electron chi connectivity index (χ1n) is 4.10. The number of aldehydes is 1. The van der Waals surface area contributed by atoms with Crippen LogP contribution in [0.25, 0.3) is 22.8 Å². The molecular formula is C9H4N2O3S. The summed E-state index contributed by atoms with van der Waals surface area (Å²) in [4.78, 5) is 19.2. The first kappa shape index (κ1) is 8.37. The molecule has 3 aromatic heterocycles. The van der Waals surface area contributed by atoms with Gasteiger partial charge >= 0.3 is 0 Å². The number of nitrogens with zero attached hydrogens (tertiary/aromatic N) is 2. The fourth-order valence-electron chi connectivity index (χ4n) is 1.27. The van der Waals surface area contributed by atoms with Crippen LogP contribution in [0, 0.1) is 0 Å². The largest absolute Gasteiger partial charge is 0.438 e. The summed E-state index contributed by atoms with van der Waals surface area (Å²) in [5.74, 6) is 0.793. The SMILES string of the molecule is O=Cc1scc2oc(-c3cnco3)nc12. The van der Waals surface area contributed by atoms with Gasteiger partial charge in [-0.3, -0.25) is 4.79 Å². The Hall–Kier alpha value is -1.95. The molecule has 74 valence electrons. The molecule has 0 bridgehead atoms. The Morgan fingerprint density at radius 3 is 3.13 bits per heavy atom. The molecule has 15 heavy (non-hydrogen) atoms. The number of oxazole rings is 2. The predicted octanol–water partition coefficient (Wildman–Crippen LogP) is 2.36. The van der Waals surface area contributed by atoms with Gasteiger partial charge in [-0.15, -0.1) is 11.3 Å². The minimum absolute atomic E-state index is 0.341. The lowest BCUT2D eigenvalue weighted by molar-refractivity contribution is 0.112. The van der Waals surface area contributed by atoms with Gasteiger partial charge in [0.15, 0.2) is 18.3 Å². The second-order valence-corrected chi connectivity index (χ2v) is 3.73. The third-order valence-electron chi connectivity index (χ3n) is 1.93. The minimum Gasteiger partial charge on any atom is -0.438 e. The van der Waals surface area contributed by atoms with Crippen LogP contribution in [0.1, 0.15) is 9.67 Å². The first-order chi connectivity index (χ1) is 7.38. The van der Waals surface area contributed by atoms with Crippen molar-refractivity contribution >= 4 is 28.7 Å². The van der Waals surface area contributed by atoms with Gasteiger partial charge in [-0.05, 0) is 0 Å². The van der Waals surface area contributed by atoms with E-state index in [1.54, 1.807) is 5.38 Å². The van der Waals surface area contributed by atoms with Gasteiger partial charge in [0.1, 0.15) is 5.52 Å². The molecule has 0 radical (unpaired) electrons. The molecule has 0 saturated heterocycles. The lowest BCUT2D eigenvalue weighted by atomic mass is 10.4. The maximum Gasteiger partial charge on any atom is 0.265 e. The topological polar surface area (TPSA) is 69.1 Å². The summed E-state index contributed by atoms with van der Waals surface area (Å²) in [6, 6.07) is 0. The van der Waals surface area contributed by atoms with Crippen LogP contribution in [-0.4, -0.2) is 16.3 Å². The maximum atomic E-state index is 10.7. The number of hydrogen-bond acceptors (Lipinski definition) is 6. The van der Waals surface area contributed by atoms with Crippen molar-refractivity contribution in [3.05, 3.63) is 22.8 Å². The Morgan fingerprint density at radius 1 is 1.47 bits per heavy atom. The molecular weight excluding hydrogens is 216 g/mol. The molecule has 0 aromatic carbocycles. The van der Waals surface area contributed by atoms with E-state index in [0.717, 1.165) is 6.29 Å². The van der Waals surface area contributed by atoms with E-state index in [4.69, 9.17) is 8.83 Å². The molecule has 0 unspecified atom stereocenters. The summed E-state index contributed by atoms with van der Waals surface area (Å²) in [5.41, 5.74) is 1.16. The van der Waals surface area contributed by atoms with Crippen molar-refractivity contribution in [2.75, 3.05) is 0 Å². The summed E-state index contributed by atoms with van der Waals surface area (Å²) in [6.07, 6.45) is 3.57. The molecule has 0 spiro atoms. The molecule has 0 saturated carbocycles. The van der Waals surface area contributed by atoms with E-state index in [0.29, 0.717) is 27.6 Å². The summed E-state index contributed by atoms with van der Waals surface area (Å²) in [5, 5.41) is 1.74. The zero-order chi connectivity index (χ0) is 10.3.